The number of aromatic carboxylic acids is 1. The summed E-state index contributed by atoms with van der Waals surface area (Å²) < 4.78 is 73.3. The van der Waals surface area contributed by atoms with Gasteiger partial charge >= 0.3 is 35.8 Å². The van der Waals surface area contributed by atoms with Gasteiger partial charge in [0.15, 0.2) is 41.0 Å². The highest BCUT2D eigenvalue weighted by Crippen LogP contribution is 2.65. The molecule has 3 fully saturated rings. The van der Waals surface area contributed by atoms with Gasteiger partial charge in [-0.15, -0.1) is 0 Å². The molecular formula is C71H64F2N2O21. The number of ether oxygens (including phenoxy) is 6. The van der Waals surface area contributed by atoms with E-state index in [9.17, 15) is 68.0 Å². The molecule has 4 aliphatic carbocycles. The van der Waals surface area contributed by atoms with E-state index in [-0.39, 0.29) is 61.3 Å². The molecule has 12 atom stereocenters. The number of ketones is 1. The number of carbonyl (C=O) groups excluding carboxylic acids is 8. The fourth-order valence-electron chi connectivity index (χ4n) is 14.2. The summed E-state index contributed by atoms with van der Waals surface area (Å²) >= 11 is 0. The zero-order valence-electron chi connectivity index (χ0n) is 52.5. The molecule has 4 unspecified atom stereocenters. The average Bonchev–Trinajstić information content (AvgIpc) is 0.668. The molecule has 6 aliphatic rings. The minimum atomic E-state index is -2.66. The molecule has 6 N–H and O–H groups in total. The van der Waals surface area contributed by atoms with Crippen molar-refractivity contribution in [2.75, 3.05) is 6.61 Å². The number of nitrogens with one attached hydrogen (secondary N) is 2. The number of halogens is 2. The van der Waals surface area contributed by atoms with Crippen molar-refractivity contribution in [2.24, 2.45) is 16.7 Å². The Morgan fingerprint density at radius 3 is 1.96 bits per heavy atom. The Morgan fingerprint density at radius 2 is 1.34 bits per heavy atom. The predicted octanol–water partition coefficient (Wildman–Crippen LogP) is 7.67. The second kappa shape index (κ2) is 25.3. The first-order valence-corrected chi connectivity index (χ1v) is 30.4. The summed E-state index contributed by atoms with van der Waals surface area (Å²) in [6, 6.07) is 26.6. The predicted molar refractivity (Wildman–Crippen MR) is 332 cm³/mol. The van der Waals surface area contributed by atoms with Crippen molar-refractivity contribution in [3.05, 3.63) is 194 Å². The second-order valence-corrected chi connectivity index (χ2v) is 25.1. The first kappa shape index (κ1) is 66.9. The molecule has 11 rings (SSSR count). The van der Waals surface area contributed by atoms with Gasteiger partial charge in [0.1, 0.15) is 47.4 Å². The van der Waals surface area contributed by atoms with Gasteiger partial charge in [0.25, 0.3) is 11.8 Å². The van der Waals surface area contributed by atoms with Crippen LogP contribution in [0.5, 0.6) is 5.75 Å². The van der Waals surface area contributed by atoms with Crippen LogP contribution in [0.25, 0.3) is 33.4 Å². The van der Waals surface area contributed by atoms with Crippen molar-refractivity contribution < 1.29 is 105 Å². The Morgan fingerprint density at radius 1 is 0.708 bits per heavy atom. The number of carboxylic acid groups (broad SMARTS) is 1. The molecule has 2 heterocycles. The molecule has 498 valence electrons. The number of esters is 5. The van der Waals surface area contributed by atoms with Crippen LogP contribution in [0.4, 0.5) is 8.78 Å². The van der Waals surface area contributed by atoms with Gasteiger partial charge in [0.2, 0.25) is 5.43 Å². The Bertz CT molecular complexity index is 4420. The van der Waals surface area contributed by atoms with E-state index < -0.39 is 183 Å². The van der Waals surface area contributed by atoms with E-state index in [2.05, 4.69) is 10.6 Å². The lowest BCUT2D eigenvalue weighted by molar-refractivity contribution is -0.346. The standard InChI is InChI=1S/C71H64F2N2O21/c1-33-51(93-67(88)57(80)56(37-17-11-8-12-18-37)75-62(82)38-19-13-9-14-20-38)31-71(89)61(95-66(87)39-21-15-10-16-22-39)59-69(7,60(81)58(91-35(3)76)55(33)68(71,5)6)52(30-53-70(59,32-90-53)96-36(4)77)94-65(86)34(2)74-63(83)40-23-24-41(42(25-40)64(84)85)54-43-26-45(72)47(78)28-49(43)92-50-29-48(79)46(73)27-44(50)54/h8-29,34,51-53,56-59,61,78,80,89H,30-32H2,1-7H3,(H,74,83)(H,75,82)(H,84,85)/t34-,51?,52+,53?,56+,57-,58-,59?,61?,69-,70+,71-/m1/s1. The number of hydrogen-bond acceptors (Lipinski definition) is 20. The fourth-order valence-corrected chi connectivity index (χ4v) is 14.2. The minimum Gasteiger partial charge on any atom is -0.505 e. The topological polar surface area (TPSA) is 344 Å². The number of fused-ring (bicyclic) bond motifs is 7. The van der Waals surface area contributed by atoms with Crippen molar-refractivity contribution in [1.29, 1.82) is 0 Å². The number of hydrogen-bond donors (Lipinski definition) is 6. The van der Waals surface area contributed by atoms with Crippen LogP contribution in [0.15, 0.2) is 154 Å². The lowest BCUT2D eigenvalue weighted by Crippen LogP contribution is -2.82. The van der Waals surface area contributed by atoms with E-state index in [0.29, 0.717) is 0 Å². The molecule has 5 aromatic carbocycles. The lowest BCUT2D eigenvalue weighted by atomic mass is 9.44. The fraction of sp³-hybridized carbons (Fsp3) is 0.324. The maximum Gasteiger partial charge on any atom is 0.338 e. The van der Waals surface area contributed by atoms with Gasteiger partial charge in [0.05, 0.1) is 35.1 Å². The minimum absolute atomic E-state index is 0.00540. The number of carboxylic acids is 1. The maximum atomic E-state index is 16.6. The zero-order valence-corrected chi connectivity index (χ0v) is 52.5. The summed E-state index contributed by atoms with van der Waals surface area (Å²) in [6.45, 7) is 8.32. The lowest BCUT2D eigenvalue weighted by Gasteiger charge is -2.67. The number of benzene rings is 6. The Labute approximate surface area is 545 Å². The van der Waals surface area contributed by atoms with Crippen LogP contribution in [0.3, 0.4) is 0 Å². The van der Waals surface area contributed by atoms with Crippen LogP contribution in [0.1, 0.15) is 114 Å². The van der Waals surface area contributed by atoms with E-state index >= 15 is 9.18 Å². The molecule has 2 amide bonds. The zero-order chi connectivity index (χ0) is 69.2. The third-order valence-electron chi connectivity index (χ3n) is 19.0. The molecule has 2 bridgehead atoms. The summed E-state index contributed by atoms with van der Waals surface area (Å²) in [5.74, 6) is -15.7. The molecule has 23 nitrogen and oxygen atoms in total. The van der Waals surface area contributed by atoms with Gasteiger partial charge in [-0.25, -0.2) is 28.0 Å². The molecule has 0 radical (unpaired) electrons. The van der Waals surface area contributed by atoms with E-state index in [1.807, 2.05) is 0 Å². The second-order valence-electron chi connectivity index (χ2n) is 25.1. The number of phenols is 1. The Kier molecular flexibility index (Phi) is 17.7. The molecule has 0 spiro atoms. The smallest absolute Gasteiger partial charge is 0.338 e. The molecular weight excluding hydrogens is 1250 g/mol. The van der Waals surface area contributed by atoms with Crippen molar-refractivity contribution in [2.45, 2.75) is 121 Å². The van der Waals surface area contributed by atoms with Gasteiger partial charge < -0.3 is 63.9 Å². The first-order chi connectivity index (χ1) is 45.4. The molecule has 1 saturated heterocycles. The molecule has 2 aliphatic heterocycles. The van der Waals surface area contributed by atoms with E-state index in [4.69, 9.17) is 32.8 Å². The number of aromatic hydroxyl groups is 1. The van der Waals surface area contributed by atoms with Gasteiger partial charge in [0, 0.05) is 71.9 Å². The SMILES string of the molecule is CC(=O)O[C@H]1C(=O)[C@@]2(C)C(C(OC(=O)c3ccccc3)[C@]3(O)CC(OC(=O)[C@H](O)[C@@H](NC(=O)c4ccccc4)c4ccccc4)C(C)=C1C3(C)C)[C@]1(OC(C)=O)COC1C[C@@H]2OC(=O)[C@@H](C)NC(=O)c1ccc(-c2c3cc(F)c(=O)cc-3oc3cc(O)c(F)cc23)c(C(=O)O)c1. The Hall–Kier alpha value is -10.5. The summed E-state index contributed by atoms with van der Waals surface area (Å²) in [6.07, 6.45) is -12.5. The van der Waals surface area contributed by atoms with Crippen LogP contribution >= 0.6 is 0 Å². The summed E-state index contributed by atoms with van der Waals surface area (Å²) in [5, 5.41) is 52.2. The van der Waals surface area contributed by atoms with Crippen LogP contribution in [0.2, 0.25) is 0 Å². The van der Waals surface area contributed by atoms with Crippen LogP contribution in [-0.2, 0) is 52.4 Å². The molecule has 25 heteroatoms. The van der Waals surface area contributed by atoms with Crippen molar-refractivity contribution in [3.8, 4) is 28.2 Å². The van der Waals surface area contributed by atoms with Gasteiger partial charge in [-0.05, 0) is 91.6 Å². The van der Waals surface area contributed by atoms with Crippen molar-refractivity contribution in [1.82, 2.24) is 10.6 Å². The Balaban J connectivity index is 0.987. The monoisotopic (exact) mass is 1320 g/mol. The highest BCUT2D eigenvalue weighted by Gasteiger charge is 2.79. The number of carbonyl (C=O) groups is 9. The van der Waals surface area contributed by atoms with E-state index in [1.54, 1.807) is 54.6 Å². The van der Waals surface area contributed by atoms with Crippen LogP contribution < -0.4 is 16.1 Å². The summed E-state index contributed by atoms with van der Waals surface area (Å²) in [5.41, 5.74) is -11.8. The van der Waals surface area contributed by atoms with Crippen molar-refractivity contribution >= 4 is 64.4 Å². The summed E-state index contributed by atoms with van der Waals surface area (Å²) in [7, 11) is 0. The van der Waals surface area contributed by atoms with Gasteiger partial charge in [-0.1, -0.05) is 86.6 Å². The number of aliphatic hydroxyl groups excluding tert-OH is 1. The molecule has 0 aromatic heterocycles. The highest BCUT2D eigenvalue weighted by molar-refractivity contribution is 6.09. The average molecular weight is 1320 g/mol. The number of amides is 2. The van der Waals surface area contributed by atoms with Crippen molar-refractivity contribution in [3.63, 3.8) is 0 Å². The third kappa shape index (κ3) is 11.6. The van der Waals surface area contributed by atoms with E-state index in [1.165, 1.54) is 71.0 Å². The number of phenolic OH excluding ortho intramolecular Hbond substituents is 1. The molecule has 5 aromatic rings. The van der Waals surface area contributed by atoms with Crippen LogP contribution in [-0.4, -0.2) is 134 Å². The van der Waals surface area contributed by atoms with Crippen LogP contribution in [0, 0.1) is 28.4 Å². The van der Waals surface area contributed by atoms with E-state index in [0.717, 1.165) is 56.3 Å². The number of rotatable bonds is 16. The molecule has 2 saturated carbocycles. The first-order valence-electron chi connectivity index (χ1n) is 30.4. The summed E-state index contributed by atoms with van der Waals surface area (Å²) in [4.78, 5) is 142. The maximum absolute atomic E-state index is 16.6. The highest BCUT2D eigenvalue weighted by atomic mass is 19.1. The largest absolute Gasteiger partial charge is 0.505 e. The molecule has 96 heavy (non-hydrogen) atoms. The normalized spacial score (nSPS) is 25.0. The number of aliphatic hydroxyl groups is 2. The van der Waals surface area contributed by atoms with Gasteiger partial charge in [-0.2, -0.15) is 0 Å². The quantitative estimate of drug-likeness (QED) is 0.0234. The third-order valence-corrected chi connectivity index (χ3v) is 19.0. The number of Topliss-reactive ketones (excluding diaryl/α,β-unsaturated/α-hetero) is 1. The van der Waals surface area contributed by atoms with Gasteiger partial charge in [-0.3, -0.25) is 28.8 Å².